The van der Waals surface area contributed by atoms with Gasteiger partial charge in [0.2, 0.25) is 0 Å². The number of benzene rings is 3. The Labute approximate surface area is 208 Å². The molecule has 0 unspecified atom stereocenters. The van der Waals surface area contributed by atoms with Crippen molar-refractivity contribution in [2.24, 2.45) is 0 Å². The molecule has 0 bridgehead atoms. The van der Waals surface area contributed by atoms with Crippen LogP contribution in [0.5, 0.6) is 5.75 Å². The molecule has 0 spiro atoms. The van der Waals surface area contributed by atoms with Crippen LogP contribution in [0.2, 0.25) is 5.15 Å². The molecule has 4 aromatic rings. The number of halogens is 1. The third kappa shape index (κ3) is 6.25. The molecule has 0 saturated carbocycles. The molecule has 1 N–H and O–H groups in total. The van der Waals surface area contributed by atoms with Gasteiger partial charge in [-0.3, -0.25) is 4.79 Å². The molecule has 35 heavy (non-hydrogen) atoms. The van der Waals surface area contributed by atoms with Crippen LogP contribution in [-0.2, 0) is 11.2 Å². The van der Waals surface area contributed by atoms with Crippen LogP contribution in [0.1, 0.15) is 26.3 Å². The van der Waals surface area contributed by atoms with Crippen molar-refractivity contribution in [2.75, 3.05) is 19.0 Å². The SMILES string of the molecule is COC(=O)c1cc(-c2cccc(C(=O)Nc3ccc(OCCc4ccccc4)cc3)c2)cnc1Cl. The molecule has 0 aliphatic heterocycles. The molecule has 0 aliphatic carbocycles. The number of ether oxygens (including phenoxy) is 2. The Hall–Kier alpha value is -4.16. The van der Waals surface area contributed by atoms with Crippen molar-refractivity contribution in [3.63, 3.8) is 0 Å². The smallest absolute Gasteiger partial charge is 0.341 e. The van der Waals surface area contributed by atoms with Crippen LogP contribution < -0.4 is 10.1 Å². The van der Waals surface area contributed by atoms with Gasteiger partial charge in [-0.25, -0.2) is 9.78 Å². The van der Waals surface area contributed by atoms with Gasteiger partial charge < -0.3 is 14.8 Å². The third-order valence-corrected chi connectivity index (χ3v) is 5.62. The molecule has 176 valence electrons. The van der Waals surface area contributed by atoms with Crippen LogP contribution in [0.25, 0.3) is 11.1 Å². The summed E-state index contributed by atoms with van der Waals surface area (Å²) in [6.45, 7) is 0.569. The van der Waals surface area contributed by atoms with E-state index in [9.17, 15) is 9.59 Å². The van der Waals surface area contributed by atoms with Crippen molar-refractivity contribution < 1.29 is 19.1 Å². The van der Waals surface area contributed by atoms with E-state index in [2.05, 4.69) is 22.4 Å². The van der Waals surface area contributed by atoms with Crippen LogP contribution in [0.4, 0.5) is 5.69 Å². The first kappa shape index (κ1) is 24.0. The number of hydrogen-bond acceptors (Lipinski definition) is 5. The topological polar surface area (TPSA) is 77.5 Å². The van der Waals surface area contributed by atoms with Gasteiger partial charge >= 0.3 is 5.97 Å². The largest absolute Gasteiger partial charge is 0.493 e. The minimum absolute atomic E-state index is 0.0574. The fourth-order valence-corrected chi connectivity index (χ4v) is 3.65. The molecule has 0 radical (unpaired) electrons. The Morgan fingerprint density at radius 1 is 0.914 bits per heavy atom. The van der Waals surface area contributed by atoms with E-state index in [1.807, 2.05) is 36.4 Å². The standard InChI is InChI=1S/C28H23ClN2O4/c1-34-28(33)25-17-22(18-30-26(25)29)20-8-5-9-21(16-20)27(32)31-23-10-12-24(13-11-23)35-15-14-19-6-3-2-4-7-19/h2-13,16-18H,14-15H2,1H3,(H,31,32). The summed E-state index contributed by atoms with van der Waals surface area (Å²) in [7, 11) is 1.28. The van der Waals surface area contributed by atoms with Gasteiger partial charge in [0.25, 0.3) is 5.91 Å². The maximum Gasteiger partial charge on any atom is 0.341 e. The van der Waals surface area contributed by atoms with Gasteiger partial charge in [0.1, 0.15) is 10.9 Å². The first-order valence-corrected chi connectivity index (χ1v) is 11.3. The van der Waals surface area contributed by atoms with E-state index in [0.29, 0.717) is 29.0 Å². The summed E-state index contributed by atoms with van der Waals surface area (Å²) in [6, 6.07) is 26.0. The molecule has 0 saturated heterocycles. The molecular formula is C28H23ClN2O4. The van der Waals surface area contributed by atoms with Crippen molar-refractivity contribution in [2.45, 2.75) is 6.42 Å². The summed E-state index contributed by atoms with van der Waals surface area (Å²) in [5, 5.41) is 2.95. The number of pyridine rings is 1. The summed E-state index contributed by atoms with van der Waals surface area (Å²) < 4.78 is 10.6. The van der Waals surface area contributed by atoms with Gasteiger partial charge in [-0.1, -0.05) is 54.1 Å². The number of nitrogens with one attached hydrogen (secondary N) is 1. The number of carbonyl (C=O) groups is 2. The number of hydrogen-bond donors (Lipinski definition) is 1. The van der Waals surface area contributed by atoms with E-state index >= 15 is 0 Å². The molecule has 0 atom stereocenters. The van der Waals surface area contributed by atoms with Crippen LogP contribution in [-0.4, -0.2) is 30.6 Å². The predicted molar refractivity (Wildman–Crippen MR) is 136 cm³/mol. The second kappa shape index (κ2) is 11.3. The van der Waals surface area contributed by atoms with Gasteiger partial charge in [0, 0.05) is 29.4 Å². The van der Waals surface area contributed by atoms with Crippen molar-refractivity contribution in [1.82, 2.24) is 4.98 Å². The number of rotatable bonds is 8. The Balaban J connectivity index is 1.40. The van der Waals surface area contributed by atoms with E-state index in [1.165, 1.54) is 12.7 Å². The monoisotopic (exact) mass is 486 g/mol. The highest BCUT2D eigenvalue weighted by molar-refractivity contribution is 6.32. The first-order valence-electron chi connectivity index (χ1n) is 11.0. The van der Waals surface area contributed by atoms with E-state index in [1.54, 1.807) is 42.6 Å². The summed E-state index contributed by atoms with van der Waals surface area (Å²) in [5.74, 6) is -0.108. The van der Waals surface area contributed by atoms with Gasteiger partial charge in [0.05, 0.1) is 19.3 Å². The molecule has 0 aliphatic rings. The zero-order valence-corrected chi connectivity index (χ0v) is 19.8. The predicted octanol–water partition coefficient (Wildman–Crippen LogP) is 6.06. The maximum absolute atomic E-state index is 12.8. The van der Waals surface area contributed by atoms with Crippen molar-refractivity contribution in [3.8, 4) is 16.9 Å². The van der Waals surface area contributed by atoms with Gasteiger partial charge in [-0.2, -0.15) is 0 Å². The fraction of sp³-hybridized carbons (Fsp3) is 0.107. The number of methoxy groups -OCH3 is 1. The molecule has 1 heterocycles. The second-order valence-corrected chi connectivity index (χ2v) is 8.06. The van der Waals surface area contributed by atoms with Crippen molar-refractivity contribution in [3.05, 3.63) is 113 Å². The average Bonchev–Trinajstić information content (AvgIpc) is 2.90. The van der Waals surface area contributed by atoms with E-state index in [-0.39, 0.29) is 16.6 Å². The lowest BCUT2D eigenvalue weighted by Gasteiger charge is -2.10. The molecule has 0 fully saturated rings. The minimum Gasteiger partial charge on any atom is -0.493 e. The van der Waals surface area contributed by atoms with Crippen LogP contribution in [0.15, 0.2) is 91.1 Å². The third-order valence-electron chi connectivity index (χ3n) is 5.32. The second-order valence-electron chi connectivity index (χ2n) is 7.70. The average molecular weight is 487 g/mol. The van der Waals surface area contributed by atoms with Crippen molar-refractivity contribution >= 4 is 29.2 Å². The number of amides is 1. The lowest BCUT2D eigenvalue weighted by Crippen LogP contribution is -2.12. The summed E-state index contributed by atoms with van der Waals surface area (Å²) in [6.07, 6.45) is 2.36. The Morgan fingerprint density at radius 2 is 1.69 bits per heavy atom. The first-order chi connectivity index (χ1) is 17.0. The van der Waals surface area contributed by atoms with E-state index < -0.39 is 5.97 Å². The zero-order valence-electron chi connectivity index (χ0n) is 19.0. The molecule has 3 aromatic carbocycles. The highest BCUT2D eigenvalue weighted by Crippen LogP contribution is 2.25. The lowest BCUT2D eigenvalue weighted by molar-refractivity contribution is 0.0600. The Kier molecular flexibility index (Phi) is 7.75. The molecule has 4 rings (SSSR count). The number of aromatic nitrogens is 1. The summed E-state index contributed by atoms with van der Waals surface area (Å²) in [5.41, 5.74) is 3.84. The lowest BCUT2D eigenvalue weighted by atomic mass is 10.0. The summed E-state index contributed by atoms with van der Waals surface area (Å²) in [4.78, 5) is 28.8. The highest BCUT2D eigenvalue weighted by Gasteiger charge is 2.14. The van der Waals surface area contributed by atoms with Gasteiger partial charge in [-0.05, 0) is 53.6 Å². The number of anilines is 1. The zero-order chi connectivity index (χ0) is 24.6. The molecule has 1 amide bonds. The molecule has 6 nitrogen and oxygen atoms in total. The van der Waals surface area contributed by atoms with Gasteiger partial charge in [-0.15, -0.1) is 0 Å². The minimum atomic E-state index is -0.578. The van der Waals surface area contributed by atoms with Gasteiger partial charge in [0.15, 0.2) is 0 Å². The van der Waals surface area contributed by atoms with E-state index in [0.717, 1.165) is 12.2 Å². The highest BCUT2D eigenvalue weighted by atomic mass is 35.5. The maximum atomic E-state index is 12.8. The van der Waals surface area contributed by atoms with E-state index in [4.69, 9.17) is 21.1 Å². The number of nitrogens with zero attached hydrogens (tertiary/aromatic N) is 1. The fourth-order valence-electron chi connectivity index (χ4n) is 3.47. The molecular weight excluding hydrogens is 464 g/mol. The normalized spacial score (nSPS) is 10.5. The van der Waals surface area contributed by atoms with Crippen molar-refractivity contribution in [1.29, 1.82) is 0 Å². The quantitative estimate of drug-likeness (QED) is 0.242. The van der Waals surface area contributed by atoms with Crippen LogP contribution in [0.3, 0.4) is 0 Å². The number of esters is 1. The Bertz CT molecular complexity index is 1320. The molecule has 7 heteroatoms. The van der Waals surface area contributed by atoms with Crippen LogP contribution in [0, 0.1) is 0 Å². The number of carbonyl (C=O) groups excluding carboxylic acids is 2. The Morgan fingerprint density at radius 3 is 2.43 bits per heavy atom. The molecule has 1 aromatic heterocycles. The summed E-state index contributed by atoms with van der Waals surface area (Å²) >= 11 is 6.01. The van der Waals surface area contributed by atoms with Crippen LogP contribution >= 0.6 is 11.6 Å².